The van der Waals surface area contributed by atoms with Gasteiger partial charge in [-0.2, -0.15) is 5.10 Å². The Balaban J connectivity index is 1.44. The van der Waals surface area contributed by atoms with Crippen LogP contribution in [0.1, 0.15) is 21.6 Å². The molecule has 5 heteroatoms. The smallest absolute Gasteiger partial charge is 0.251 e. The Bertz CT molecular complexity index is 880. The number of carbonyl (C=O) groups excluding carboxylic acids is 1. The van der Waals surface area contributed by atoms with E-state index in [1.54, 1.807) is 0 Å². The van der Waals surface area contributed by atoms with Crippen LogP contribution in [-0.2, 0) is 24.3 Å². The number of aromatic nitrogens is 2. The summed E-state index contributed by atoms with van der Waals surface area (Å²) < 4.78 is 7.40. The van der Waals surface area contributed by atoms with E-state index in [2.05, 4.69) is 10.4 Å². The molecule has 0 saturated heterocycles. The summed E-state index contributed by atoms with van der Waals surface area (Å²) in [4.78, 5) is 12.5. The van der Waals surface area contributed by atoms with Crippen molar-refractivity contribution in [3.63, 3.8) is 0 Å². The molecular weight excluding hydrogens is 302 g/mol. The van der Waals surface area contributed by atoms with Crippen molar-refractivity contribution in [1.82, 2.24) is 15.1 Å². The highest BCUT2D eigenvalue weighted by Crippen LogP contribution is 2.18. The average Bonchev–Trinajstić information content (AvgIpc) is 3.04. The highest BCUT2D eigenvalue weighted by atomic mass is 16.5. The van der Waals surface area contributed by atoms with Gasteiger partial charge >= 0.3 is 0 Å². The zero-order valence-corrected chi connectivity index (χ0v) is 13.4. The van der Waals surface area contributed by atoms with Crippen LogP contribution in [0.15, 0.2) is 48.7 Å². The second kappa shape index (κ2) is 6.45. The lowest BCUT2D eigenvalue weighted by Gasteiger charge is -2.15. The quantitative estimate of drug-likeness (QED) is 0.803. The van der Waals surface area contributed by atoms with Gasteiger partial charge in [0.15, 0.2) is 0 Å². The maximum absolute atomic E-state index is 12.5. The molecule has 3 aromatic rings. The number of nitrogens with zero attached hydrogens (tertiary/aromatic N) is 2. The van der Waals surface area contributed by atoms with E-state index in [9.17, 15) is 4.79 Å². The lowest BCUT2D eigenvalue weighted by atomic mass is 10.0. The monoisotopic (exact) mass is 321 g/mol. The molecule has 1 aliphatic heterocycles. The number of rotatable bonds is 4. The molecule has 1 N–H and O–H groups in total. The molecule has 0 saturated carbocycles. The second-order valence-corrected chi connectivity index (χ2v) is 5.92. The summed E-state index contributed by atoms with van der Waals surface area (Å²) in [6.07, 6.45) is 2.74. The van der Waals surface area contributed by atoms with Crippen LogP contribution in [0, 0.1) is 0 Å². The molecule has 0 unspecified atom stereocenters. The molecule has 2 aromatic carbocycles. The largest absolute Gasteiger partial charge is 0.376 e. The molecule has 0 aliphatic carbocycles. The topological polar surface area (TPSA) is 56.2 Å². The number of hydrogen-bond acceptors (Lipinski definition) is 3. The van der Waals surface area contributed by atoms with E-state index in [-0.39, 0.29) is 5.91 Å². The Kier molecular flexibility index (Phi) is 4.01. The first-order valence-corrected chi connectivity index (χ1v) is 8.20. The number of fused-ring (bicyclic) bond motifs is 2. The van der Waals surface area contributed by atoms with E-state index in [0.29, 0.717) is 25.3 Å². The van der Waals surface area contributed by atoms with Crippen molar-refractivity contribution < 1.29 is 9.53 Å². The molecule has 24 heavy (non-hydrogen) atoms. The van der Waals surface area contributed by atoms with E-state index in [1.807, 2.05) is 53.3 Å². The first kappa shape index (κ1) is 14.9. The number of hydrogen-bond donors (Lipinski definition) is 1. The lowest BCUT2D eigenvalue weighted by molar-refractivity contribution is 0.0952. The fourth-order valence-electron chi connectivity index (χ4n) is 3.20. The predicted octanol–water partition coefficient (Wildman–Crippen LogP) is 2.54. The number of nitrogens with one attached hydrogen (secondary N) is 1. The minimum absolute atomic E-state index is 0.0452. The van der Waals surface area contributed by atoms with Gasteiger partial charge < -0.3 is 10.1 Å². The van der Waals surface area contributed by atoms with E-state index < -0.39 is 0 Å². The zero-order chi connectivity index (χ0) is 16.4. The van der Waals surface area contributed by atoms with Crippen LogP contribution in [0.4, 0.5) is 0 Å². The third kappa shape index (κ3) is 2.78. The van der Waals surface area contributed by atoms with Crippen molar-refractivity contribution in [3.05, 3.63) is 65.5 Å². The molecule has 1 aromatic heterocycles. The summed E-state index contributed by atoms with van der Waals surface area (Å²) in [5, 5.41) is 9.46. The first-order valence-electron chi connectivity index (χ1n) is 8.20. The summed E-state index contributed by atoms with van der Waals surface area (Å²) in [5.41, 5.74) is 3.09. The van der Waals surface area contributed by atoms with Gasteiger partial charge in [-0.25, -0.2) is 0 Å². The van der Waals surface area contributed by atoms with Crippen LogP contribution in [0.25, 0.3) is 10.8 Å². The zero-order valence-electron chi connectivity index (χ0n) is 13.4. The second-order valence-electron chi connectivity index (χ2n) is 5.92. The van der Waals surface area contributed by atoms with Gasteiger partial charge in [0.25, 0.3) is 5.91 Å². The maximum Gasteiger partial charge on any atom is 0.251 e. The number of carbonyl (C=O) groups is 1. The van der Waals surface area contributed by atoms with Gasteiger partial charge in [0.2, 0.25) is 0 Å². The number of ether oxygens (including phenoxy) is 1. The molecule has 0 spiro atoms. The normalized spacial score (nSPS) is 13.7. The summed E-state index contributed by atoms with van der Waals surface area (Å²) in [5.74, 6) is -0.0452. The van der Waals surface area contributed by atoms with Crippen molar-refractivity contribution in [2.24, 2.45) is 0 Å². The first-order chi connectivity index (χ1) is 11.8. The highest BCUT2D eigenvalue weighted by molar-refractivity contribution is 6.06. The Morgan fingerprint density at radius 1 is 1.21 bits per heavy atom. The minimum Gasteiger partial charge on any atom is -0.376 e. The molecular formula is C19H19N3O2. The van der Waals surface area contributed by atoms with Crippen LogP contribution in [0.3, 0.4) is 0 Å². The minimum atomic E-state index is -0.0452. The maximum atomic E-state index is 12.5. The lowest BCUT2D eigenvalue weighted by Crippen LogP contribution is -2.28. The van der Waals surface area contributed by atoms with E-state index in [4.69, 9.17) is 4.74 Å². The van der Waals surface area contributed by atoms with E-state index in [1.165, 1.54) is 5.69 Å². The van der Waals surface area contributed by atoms with Crippen LogP contribution >= 0.6 is 0 Å². The number of amides is 1. The Morgan fingerprint density at radius 2 is 2.08 bits per heavy atom. The van der Waals surface area contributed by atoms with Crippen molar-refractivity contribution in [2.45, 2.75) is 19.6 Å². The SMILES string of the molecule is O=C(NCCn1ncc2c1CCOC2)c1cccc2ccccc12. The predicted molar refractivity (Wildman–Crippen MR) is 91.9 cm³/mol. The van der Waals surface area contributed by atoms with Crippen molar-refractivity contribution in [3.8, 4) is 0 Å². The van der Waals surface area contributed by atoms with Crippen molar-refractivity contribution in [2.75, 3.05) is 13.2 Å². The molecule has 5 nitrogen and oxygen atoms in total. The van der Waals surface area contributed by atoms with Gasteiger partial charge in [-0.1, -0.05) is 36.4 Å². The van der Waals surface area contributed by atoms with Gasteiger partial charge in [-0.3, -0.25) is 9.48 Å². The molecule has 2 heterocycles. The van der Waals surface area contributed by atoms with Crippen LogP contribution < -0.4 is 5.32 Å². The van der Waals surface area contributed by atoms with Crippen molar-refractivity contribution >= 4 is 16.7 Å². The van der Waals surface area contributed by atoms with Crippen molar-refractivity contribution in [1.29, 1.82) is 0 Å². The molecule has 0 bridgehead atoms. The van der Waals surface area contributed by atoms with Crippen LogP contribution in [0.5, 0.6) is 0 Å². The fourth-order valence-corrected chi connectivity index (χ4v) is 3.20. The molecule has 0 radical (unpaired) electrons. The summed E-state index contributed by atoms with van der Waals surface area (Å²) in [7, 11) is 0. The summed E-state index contributed by atoms with van der Waals surface area (Å²) >= 11 is 0. The van der Waals surface area contributed by atoms with E-state index >= 15 is 0 Å². The van der Waals surface area contributed by atoms with E-state index in [0.717, 1.165) is 29.4 Å². The third-order valence-electron chi connectivity index (χ3n) is 4.42. The number of benzene rings is 2. The molecule has 0 atom stereocenters. The standard InChI is InChI=1S/C19H19N3O2/c23-19(17-7-3-5-14-4-1-2-6-16(14)17)20-9-10-22-18-8-11-24-13-15(18)12-21-22/h1-7,12H,8-11,13H2,(H,20,23). The molecule has 4 rings (SSSR count). The summed E-state index contributed by atoms with van der Waals surface area (Å²) in [6, 6.07) is 13.7. The Morgan fingerprint density at radius 3 is 3.04 bits per heavy atom. The van der Waals surface area contributed by atoms with Gasteiger partial charge in [0.05, 0.1) is 26.0 Å². The Labute approximate surface area is 140 Å². The molecule has 1 aliphatic rings. The van der Waals surface area contributed by atoms with Gasteiger partial charge in [0.1, 0.15) is 0 Å². The van der Waals surface area contributed by atoms with Gasteiger partial charge in [-0.05, 0) is 16.8 Å². The van der Waals surface area contributed by atoms with Crippen LogP contribution in [0.2, 0.25) is 0 Å². The summed E-state index contributed by atoms with van der Waals surface area (Å²) in [6.45, 7) is 2.60. The molecule has 1 amide bonds. The molecule has 122 valence electrons. The fraction of sp³-hybridized carbons (Fsp3) is 0.263. The van der Waals surface area contributed by atoms with Gasteiger partial charge in [0, 0.05) is 29.8 Å². The average molecular weight is 321 g/mol. The molecule has 0 fully saturated rings. The highest BCUT2D eigenvalue weighted by Gasteiger charge is 2.15. The van der Waals surface area contributed by atoms with Gasteiger partial charge in [-0.15, -0.1) is 0 Å². The van der Waals surface area contributed by atoms with Crippen LogP contribution in [-0.4, -0.2) is 28.8 Å². The Hall–Kier alpha value is -2.66. The third-order valence-corrected chi connectivity index (χ3v) is 4.42.